The smallest absolute Gasteiger partial charge is 0.161 e. The van der Waals surface area contributed by atoms with Gasteiger partial charge in [0.25, 0.3) is 0 Å². The lowest BCUT2D eigenvalue weighted by atomic mass is 10.2. The van der Waals surface area contributed by atoms with Crippen LogP contribution in [0.4, 0.5) is 5.82 Å². The summed E-state index contributed by atoms with van der Waals surface area (Å²) in [4.78, 5) is 9.01. The quantitative estimate of drug-likeness (QED) is 0.897. The van der Waals surface area contributed by atoms with E-state index in [9.17, 15) is 0 Å². The molecule has 1 aromatic carbocycles. The van der Waals surface area contributed by atoms with Crippen molar-refractivity contribution in [2.45, 2.75) is 13.3 Å². The van der Waals surface area contributed by atoms with Crippen molar-refractivity contribution in [2.75, 3.05) is 19.5 Å². The van der Waals surface area contributed by atoms with Crippen LogP contribution in [-0.4, -0.2) is 24.1 Å². The Labute approximate surface area is 107 Å². The van der Waals surface area contributed by atoms with Crippen molar-refractivity contribution in [3.05, 3.63) is 36.0 Å². The molecule has 0 atom stereocenters. The number of nitrogens with zero attached hydrogens (tertiary/aromatic N) is 2. The van der Waals surface area contributed by atoms with Crippen LogP contribution >= 0.6 is 0 Å². The molecule has 0 amide bonds. The van der Waals surface area contributed by atoms with E-state index >= 15 is 0 Å². The van der Waals surface area contributed by atoms with Gasteiger partial charge in [0.05, 0.1) is 7.11 Å². The Hall–Kier alpha value is -2.10. The Bertz CT molecular complexity index is 518. The van der Waals surface area contributed by atoms with Gasteiger partial charge in [0.2, 0.25) is 0 Å². The van der Waals surface area contributed by atoms with Gasteiger partial charge in [0.15, 0.2) is 5.82 Å². The fourth-order valence-corrected chi connectivity index (χ4v) is 1.70. The van der Waals surface area contributed by atoms with Gasteiger partial charge in [-0.1, -0.05) is 19.1 Å². The predicted molar refractivity (Wildman–Crippen MR) is 72.9 cm³/mol. The van der Waals surface area contributed by atoms with E-state index in [1.165, 1.54) is 0 Å². The minimum absolute atomic E-state index is 0.720. The first-order valence-electron chi connectivity index (χ1n) is 5.97. The second kappa shape index (κ2) is 5.49. The fraction of sp³-hybridized carbons (Fsp3) is 0.286. The first-order valence-corrected chi connectivity index (χ1v) is 5.97. The average molecular weight is 243 g/mol. The van der Waals surface area contributed by atoms with Crippen LogP contribution in [0.1, 0.15) is 12.6 Å². The van der Waals surface area contributed by atoms with Crippen molar-refractivity contribution in [2.24, 2.45) is 0 Å². The molecule has 2 aromatic rings. The van der Waals surface area contributed by atoms with Gasteiger partial charge in [0.1, 0.15) is 11.6 Å². The molecule has 0 bridgehead atoms. The number of benzene rings is 1. The lowest BCUT2D eigenvalue weighted by Crippen LogP contribution is -2.00. The predicted octanol–water partition coefficient (Wildman–Crippen LogP) is 2.76. The van der Waals surface area contributed by atoms with E-state index in [1.54, 1.807) is 7.11 Å². The van der Waals surface area contributed by atoms with Gasteiger partial charge in [-0.15, -0.1) is 0 Å². The summed E-state index contributed by atoms with van der Waals surface area (Å²) in [7, 11) is 3.51. The maximum absolute atomic E-state index is 5.22. The average Bonchev–Trinajstić information content (AvgIpc) is 2.46. The third-order valence-electron chi connectivity index (χ3n) is 2.73. The molecule has 0 spiro atoms. The van der Waals surface area contributed by atoms with Crippen LogP contribution < -0.4 is 10.1 Å². The molecule has 2 rings (SSSR count). The highest BCUT2D eigenvalue weighted by Crippen LogP contribution is 2.22. The molecular weight excluding hydrogens is 226 g/mol. The zero-order valence-corrected chi connectivity index (χ0v) is 10.9. The van der Waals surface area contributed by atoms with Crippen molar-refractivity contribution >= 4 is 5.82 Å². The molecule has 4 nitrogen and oxygen atoms in total. The minimum Gasteiger partial charge on any atom is -0.497 e. The molecule has 0 saturated heterocycles. The zero-order chi connectivity index (χ0) is 13.0. The van der Waals surface area contributed by atoms with Crippen molar-refractivity contribution in [1.82, 2.24) is 9.97 Å². The lowest BCUT2D eigenvalue weighted by molar-refractivity contribution is 0.415. The van der Waals surface area contributed by atoms with Gasteiger partial charge in [0, 0.05) is 24.4 Å². The molecule has 0 saturated carbocycles. The van der Waals surface area contributed by atoms with Crippen molar-refractivity contribution < 1.29 is 4.74 Å². The monoisotopic (exact) mass is 243 g/mol. The molecule has 1 aromatic heterocycles. The molecule has 0 fully saturated rings. The Kier molecular flexibility index (Phi) is 3.77. The molecule has 1 heterocycles. The molecule has 0 aliphatic heterocycles. The Morgan fingerprint density at radius 3 is 2.72 bits per heavy atom. The highest BCUT2D eigenvalue weighted by Gasteiger charge is 2.06. The summed E-state index contributed by atoms with van der Waals surface area (Å²) in [6, 6.07) is 9.73. The molecule has 4 heteroatoms. The summed E-state index contributed by atoms with van der Waals surface area (Å²) in [6.07, 6.45) is 0.883. The van der Waals surface area contributed by atoms with E-state index in [0.717, 1.165) is 35.1 Å². The standard InChI is InChI=1S/C14H17N3O/c1-4-11-9-13(15-2)17-14(16-11)10-6-5-7-12(8-10)18-3/h5-9H,4H2,1-3H3,(H,15,16,17). The van der Waals surface area contributed by atoms with Gasteiger partial charge < -0.3 is 10.1 Å². The highest BCUT2D eigenvalue weighted by atomic mass is 16.5. The third-order valence-corrected chi connectivity index (χ3v) is 2.73. The number of nitrogens with one attached hydrogen (secondary N) is 1. The van der Waals surface area contributed by atoms with Gasteiger partial charge in [-0.3, -0.25) is 0 Å². The van der Waals surface area contributed by atoms with Gasteiger partial charge in [-0.05, 0) is 18.6 Å². The number of ether oxygens (including phenoxy) is 1. The number of rotatable bonds is 4. The number of aromatic nitrogens is 2. The normalized spacial score (nSPS) is 10.2. The summed E-state index contributed by atoms with van der Waals surface area (Å²) in [5, 5.41) is 3.06. The maximum atomic E-state index is 5.22. The SMILES string of the molecule is CCc1cc(NC)nc(-c2cccc(OC)c2)n1. The largest absolute Gasteiger partial charge is 0.497 e. The summed E-state index contributed by atoms with van der Waals surface area (Å²) in [6.45, 7) is 2.08. The molecule has 94 valence electrons. The van der Waals surface area contributed by atoms with Crippen LogP contribution in [0.2, 0.25) is 0 Å². The summed E-state index contributed by atoms with van der Waals surface area (Å²) in [5.41, 5.74) is 1.98. The molecular formula is C14H17N3O. The number of anilines is 1. The molecule has 0 aliphatic rings. The topological polar surface area (TPSA) is 47.0 Å². The first kappa shape index (κ1) is 12.4. The summed E-state index contributed by atoms with van der Waals surface area (Å²) < 4.78 is 5.22. The van der Waals surface area contributed by atoms with Gasteiger partial charge in [-0.2, -0.15) is 0 Å². The summed E-state index contributed by atoms with van der Waals surface area (Å²) in [5.74, 6) is 2.36. The molecule has 0 radical (unpaired) electrons. The second-order valence-electron chi connectivity index (χ2n) is 3.90. The maximum Gasteiger partial charge on any atom is 0.161 e. The van der Waals surface area contributed by atoms with Gasteiger partial charge in [-0.25, -0.2) is 9.97 Å². The number of aryl methyl sites for hydroxylation is 1. The molecule has 0 unspecified atom stereocenters. The van der Waals surface area contributed by atoms with E-state index in [-0.39, 0.29) is 0 Å². The first-order chi connectivity index (χ1) is 8.76. The Balaban J connectivity index is 2.48. The van der Waals surface area contributed by atoms with Crippen LogP contribution in [0.3, 0.4) is 0 Å². The number of hydrogen-bond acceptors (Lipinski definition) is 4. The number of hydrogen-bond donors (Lipinski definition) is 1. The van der Waals surface area contributed by atoms with Crippen molar-refractivity contribution in [3.8, 4) is 17.1 Å². The summed E-state index contributed by atoms with van der Waals surface area (Å²) >= 11 is 0. The molecule has 18 heavy (non-hydrogen) atoms. The van der Waals surface area contributed by atoms with Crippen molar-refractivity contribution in [1.29, 1.82) is 0 Å². The van der Waals surface area contributed by atoms with Crippen LogP contribution in [0.5, 0.6) is 5.75 Å². The lowest BCUT2D eigenvalue weighted by Gasteiger charge is -2.07. The van der Waals surface area contributed by atoms with E-state index in [0.29, 0.717) is 0 Å². The van der Waals surface area contributed by atoms with E-state index < -0.39 is 0 Å². The zero-order valence-electron chi connectivity index (χ0n) is 10.9. The van der Waals surface area contributed by atoms with Crippen LogP contribution in [-0.2, 0) is 6.42 Å². The van der Waals surface area contributed by atoms with Crippen LogP contribution in [0.15, 0.2) is 30.3 Å². The Morgan fingerprint density at radius 2 is 2.06 bits per heavy atom. The third kappa shape index (κ3) is 2.59. The van der Waals surface area contributed by atoms with E-state index in [2.05, 4.69) is 22.2 Å². The highest BCUT2D eigenvalue weighted by molar-refractivity contribution is 5.59. The van der Waals surface area contributed by atoms with Crippen LogP contribution in [0, 0.1) is 0 Å². The molecule has 0 aliphatic carbocycles. The van der Waals surface area contributed by atoms with Gasteiger partial charge >= 0.3 is 0 Å². The fourth-order valence-electron chi connectivity index (χ4n) is 1.70. The molecule has 1 N–H and O–H groups in total. The second-order valence-corrected chi connectivity index (χ2v) is 3.90. The Morgan fingerprint density at radius 1 is 1.22 bits per heavy atom. The van der Waals surface area contributed by atoms with E-state index in [4.69, 9.17) is 4.74 Å². The minimum atomic E-state index is 0.720. The number of methoxy groups -OCH3 is 1. The van der Waals surface area contributed by atoms with Crippen LogP contribution in [0.25, 0.3) is 11.4 Å². The van der Waals surface area contributed by atoms with Crippen molar-refractivity contribution in [3.63, 3.8) is 0 Å². The van der Waals surface area contributed by atoms with E-state index in [1.807, 2.05) is 37.4 Å².